The smallest absolute Gasteiger partial charge is 0.273 e. The molecule has 0 spiro atoms. The number of carbonyl (C=O) groups is 1. The predicted molar refractivity (Wildman–Crippen MR) is 98.1 cm³/mol. The van der Waals surface area contributed by atoms with Gasteiger partial charge in [0.25, 0.3) is 5.69 Å². The Balaban J connectivity index is 2.49. The third-order valence-electron chi connectivity index (χ3n) is 3.90. The quantitative estimate of drug-likeness (QED) is 0.251. The first-order chi connectivity index (χ1) is 12.4. The molecule has 0 saturated carbocycles. The normalized spacial score (nSPS) is 11.1. The van der Waals surface area contributed by atoms with Crippen molar-refractivity contribution >= 4 is 17.5 Å². The van der Waals surface area contributed by atoms with E-state index in [2.05, 4.69) is 0 Å². The van der Waals surface area contributed by atoms with Gasteiger partial charge in [0.05, 0.1) is 17.6 Å². The average Bonchev–Trinajstić information content (AvgIpc) is 2.65. The fourth-order valence-corrected chi connectivity index (χ4v) is 2.59. The van der Waals surface area contributed by atoms with E-state index in [-0.39, 0.29) is 22.7 Å². The zero-order valence-electron chi connectivity index (χ0n) is 14.7. The number of nitrogens with zero attached hydrogens (tertiary/aromatic N) is 2. The Labute approximate surface area is 151 Å². The van der Waals surface area contributed by atoms with Gasteiger partial charge >= 0.3 is 0 Å². The Bertz CT molecular complexity index is 924. The highest BCUT2D eigenvalue weighted by atomic mass is 16.6. The van der Waals surface area contributed by atoms with Crippen molar-refractivity contribution in [2.75, 3.05) is 7.11 Å². The first kappa shape index (κ1) is 18.9. The van der Waals surface area contributed by atoms with Crippen LogP contribution in [-0.4, -0.2) is 17.8 Å². The van der Waals surface area contributed by atoms with E-state index in [1.165, 1.54) is 19.3 Å². The monoisotopic (exact) mass is 350 g/mol. The molecule has 6 nitrogen and oxygen atoms in total. The SMILES string of the molecule is COc1ccccc1C(=O)/C(C#N)=C/c1ccc(C(C)C)c([N+](=O)[O-])c1. The Morgan fingerprint density at radius 3 is 2.54 bits per heavy atom. The lowest BCUT2D eigenvalue weighted by Gasteiger charge is -2.08. The van der Waals surface area contributed by atoms with Crippen molar-refractivity contribution in [3.63, 3.8) is 0 Å². The lowest BCUT2D eigenvalue weighted by atomic mass is 9.97. The summed E-state index contributed by atoms with van der Waals surface area (Å²) in [6.07, 6.45) is 1.35. The zero-order valence-corrected chi connectivity index (χ0v) is 14.7. The summed E-state index contributed by atoms with van der Waals surface area (Å²) in [6, 6.07) is 13.2. The number of para-hydroxylation sites is 1. The van der Waals surface area contributed by atoms with Crippen LogP contribution in [0.5, 0.6) is 5.75 Å². The number of ketones is 1. The highest BCUT2D eigenvalue weighted by molar-refractivity contribution is 6.15. The summed E-state index contributed by atoms with van der Waals surface area (Å²) in [7, 11) is 1.44. The first-order valence-corrected chi connectivity index (χ1v) is 7.96. The standard InChI is InChI=1S/C20H18N2O4/c1-13(2)16-9-8-14(11-18(16)22(24)25)10-15(12-21)20(23)17-6-4-5-7-19(17)26-3/h4-11,13H,1-3H3/b15-10+. The van der Waals surface area contributed by atoms with Gasteiger partial charge in [0.2, 0.25) is 5.78 Å². The molecule has 2 aromatic rings. The number of allylic oxidation sites excluding steroid dienone is 1. The molecule has 0 N–H and O–H groups in total. The third-order valence-corrected chi connectivity index (χ3v) is 3.90. The molecular weight excluding hydrogens is 332 g/mol. The topological polar surface area (TPSA) is 93.2 Å². The predicted octanol–water partition coefficient (Wildman–Crippen LogP) is 4.52. The largest absolute Gasteiger partial charge is 0.496 e. The van der Waals surface area contributed by atoms with Crippen LogP contribution in [-0.2, 0) is 0 Å². The number of nitro benzene ring substituents is 1. The van der Waals surface area contributed by atoms with E-state index in [4.69, 9.17) is 4.74 Å². The lowest BCUT2D eigenvalue weighted by molar-refractivity contribution is -0.385. The van der Waals surface area contributed by atoms with E-state index in [1.54, 1.807) is 36.4 Å². The Hall–Kier alpha value is -3.46. The van der Waals surface area contributed by atoms with Gasteiger partial charge in [0, 0.05) is 11.6 Å². The van der Waals surface area contributed by atoms with Gasteiger partial charge in [-0.1, -0.05) is 38.1 Å². The minimum Gasteiger partial charge on any atom is -0.496 e. The van der Waals surface area contributed by atoms with Crippen LogP contribution < -0.4 is 4.74 Å². The summed E-state index contributed by atoms with van der Waals surface area (Å²) in [5.41, 5.74) is 1.12. The molecule has 0 aliphatic heterocycles. The molecule has 0 fully saturated rings. The number of nitriles is 1. The molecule has 26 heavy (non-hydrogen) atoms. The number of Topliss-reactive ketones (excluding diaryl/α,β-unsaturated/α-hetero) is 1. The maximum absolute atomic E-state index is 12.6. The molecule has 0 aromatic heterocycles. The molecule has 0 aliphatic rings. The summed E-state index contributed by atoms with van der Waals surface area (Å²) >= 11 is 0. The van der Waals surface area contributed by atoms with Gasteiger partial charge in [-0.25, -0.2) is 0 Å². The molecule has 0 atom stereocenters. The van der Waals surface area contributed by atoms with E-state index in [0.717, 1.165) is 0 Å². The molecule has 6 heteroatoms. The van der Waals surface area contributed by atoms with Gasteiger partial charge < -0.3 is 4.74 Å². The van der Waals surface area contributed by atoms with Crippen molar-refractivity contribution in [1.29, 1.82) is 5.26 Å². The summed E-state index contributed by atoms with van der Waals surface area (Å²) in [4.78, 5) is 23.5. The fourth-order valence-electron chi connectivity index (χ4n) is 2.59. The van der Waals surface area contributed by atoms with Crippen LogP contribution >= 0.6 is 0 Å². The van der Waals surface area contributed by atoms with Crippen LogP contribution in [0.3, 0.4) is 0 Å². The van der Waals surface area contributed by atoms with Gasteiger partial charge in [-0.05, 0) is 29.7 Å². The maximum atomic E-state index is 12.6. The highest BCUT2D eigenvalue weighted by Crippen LogP contribution is 2.28. The Kier molecular flexibility index (Phi) is 5.86. The molecule has 0 aliphatic carbocycles. The summed E-state index contributed by atoms with van der Waals surface area (Å²) < 4.78 is 5.16. The fraction of sp³-hybridized carbons (Fsp3) is 0.200. The third kappa shape index (κ3) is 3.95. The molecule has 132 valence electrons. The number of carbonyl (C=O) groups excluding carboxylic acids is 1. The van der Waals surface area contributed by atoms with E-state index in [1.807, 2.05) is 19.9 Å². The molecule has 0 amide bonds. The van der Waals surface area contributed by atoms with Gasteiger partial charge in [-0.15, -0.1) is 0 Å². The van der Waals surface area contributed by atoms with Gasteiger partial charge in [-0.2, -0.15) is 5.26 Å². The van der Waals surface area contributed by atoms with Crippen molar-refractivity contribution in [2.24, 2.45) is 0 Å². The van der Waals surface area contributed by atoms with E-state index in [9.17, 15) is 20.2 Å². The van der Waals surface area contributed by atoms with E-state index in [0.29, 0.717) is 16.9 Å². The van der Waals surface area contributed by atoms with Crippen molar-refractivity contribution in [1.82, 2.24) is 0 Å². The molecule has 2 aromatic carbocycles. The molecule has 2 rings (SSSR count). The van der Waals surface area contributed by atoms with Crippen LogP contribution in [0.2, 0.25) is 0 Å². The van der Waals surface area contributed by atoms with Gasteiger partial charge in [-0.3, -0.25) is 14.9 Å². The van der Waals surface area contributed by atoms with Crippen LogP contribution in [0.1, 0.15) is 41.3 Å². The van der Waals surface area contributed by atoms with E-state index >= 15 is 0 Å². The summed E-state index contributed by atoms with van der Waals surface area (Å²) in [5, 5.41) is 20.7. The second-order valence-electron chi connectivity index (χ2n) is 5.93. The minimum absolute atomic E-state index is 0.0147. The summed E-state index contributed by atoms with van der Waals surface area (Å²) in [5.74, 6) is -0.153. The van der Waals surface area contributed by atoms with Crippen molar-refractivity contribution in [2.45, 2.75) is 19.8 Å². The molecule has 0 saturated heterocycles. The van der Waals surface area contributed by atoms with Crippen LogP contribution in [0, 0.1) is 21.4 Å². The molecule has 0 unspecified atom stereocenters. The summed E-state index contributed by atoms with van der Waals surface area (Å²) in [6.45, 7) is 3.73. The second-order valence-corrected chi connectivity index (χ2v) is 5.93. The van der Waals surface area contributed by atoms with Crippen molar-refractivity contribution < 1.29 is 14.5 Å². The second kappa shape index (κ2) is 8.08. The van der Waals surface area contributed by atoms with Gasteiger partial charge in [0.1, 0.15) is 17.4 Å². The first-order valence-electron chi connectivity index (χ1n) is 7.96. The number of hydrogen-bond donors (Lipinski definition) is 0. The van der Waals surface area contributed by atoms with Crippen molar-refractivity contribution in [3.8, 4) is 11.8 Å². The average molecular weight is 350 g/mol. The zero-order chi connectivity index (χ0) is 19.3. The number of ether oxygens (including phenoxy) is 1. The molecule has 0 heterocycles. The number of methoxy groups -OCH3 is 1. The van der Waals surface area contributed by atoms with Crippen LogP contribution in [0.25, 0.3) is 6.08 Å². The van der Waals surface area contributed by atoms with E-state index < -0.39 is 10.7 Å². The molecular formula is C20H18N2O4. The number of rotatable bonds is 6. The Morgan fingerprint density at radius 1 is 1.27 bits per heavy atom. The highest BCUT2D eigenvalue weighted by Gasteiger charge is 2.19. The number of benzene rings is 2. The van der Waals surface area contributed by atoms with Crippen LogP contribution in [0.15, 0.2) is 48.0 Å². The lowest BCUT2D eigenvalue weighted by Crippen LogP contribution is -2.04. The maximum Gasteiger partial charge on any atom is 0.273 e. The van der Waals surface area contributed by atoms with Crippen LogP contribution in [0.4, 0.5) is 5.69 Å². The number of nitro groups is 1. The molecule has 0 radical (unpaired) electrons. The number of hydrogen-bond acceptors (Lipinski definition) is 5. The molecule has 0 bridgehead atoms. The minimum atomic E-state index is -0.500. The van der Waals surface area contributed by atoms with Crippen molar-refractivity contribution in [3.05, 3.63) is 74.8 Å². The van der Waals surface area contributed by atoms with Gasteiger partial charge in [0.15, 0.2) is 0 Å². The Morgan fingerprint density at radius 2 is 1.96 bits per heavy atom.